The molecular weight excluding hydrogens is 210 g/mol. The Morgan fingerprint density at radius 3 is 2.44 bits per heavy atom. The molecule has 2 N–H and O–H groups in total. The molecular formula is C12H10F2N2. The molecule has 0 aliphatic heterocycles. The number of aromatic nitrogens is 1. The minimum Gasteiger partial charge on any atom is -0.383 e. The molecule has 2 aromatic rings. The molecule has 2 rings (SSSR count). The van der Waals surface area contributed by atoms with Crippen LogP contribution < -0.4 is 5.73 Å². The van der Waals surface area contributed by atoms with Crippen molar-refractivity contribution in [3.63, 3.8) is 0 Å². The van der Waals surface area contributed by atoms with E-state index in [0.717, 1.165) is 5.56 Å². The normalized spacial score (nSPS) is 10.4. The molecule has 0 aliphatic carbocycles. The van der Waals surface area contributed by atoms with E-state index in [0.29, 0.717) is 0 Å². The van der Waals surface area contributed by atoms with Crippen LogP contribution in [0.4, 0.5) is 14.6 Å². The quantitative estimate of drug-likeness (QED) is 0.802. The lowest BCUT2D eigenvalue weighted by Crippen LogP contribution is -1.98. The fourth-order valence-corrected chi connectivity index (χ4v) is 1.54. The van der Waals surface area contributed by atoms with E-state index < -0.39 is 11.6 Å². The number of nitrogen functional groups attached to an aromatic ring is 1. The van der Waals surface area contributed by atoms with E-state index >= 15 is 0 Å². The van der Waals surface area contributed by atoms with E-state index in [2.05, 4.69) is 4.98 Å². The van der Waals surface area contributed by atoms with Crippen molar-refractivity contribution in [1.29, 1.82) is 0 Å². The predicted octanol–water partition coefficient (Wildman–Crippen LogP) is 2.92. The maximum Gasteiger partial charge on any atom is 0.134 e. The van der Waals surface area contributed by atoms with Crippen LogP contribution in [0.3, 0.4) is 0 Å². The van der Waals surface area contributed by atoms with Crippen LogP contribution in [0.15, 0.2) is 30.5 Å². The van der Waals surface area contributed by atoms with E-state index in [1.54, 1.807) is 19.2 Å². The summed E-state index contributed by atoms with van der Waals surface area (Å²) in [6, 6.07) is 5.32. The third-order valence-electron chi connectivity index (χ3n) is 2.29. The van der Waals surface area contributed by atoms with Crippen molar-refractivity contribution in [3.8, 4) is 11.1 Å². The van der Waals surface area contributed by atoms with E-state index in [-0.39, 0.29) is 16.9 Å². The number of pyridine rings is 1. The highest BCUT2D eigenvalue weighted by molar-refractivity contribution is 5.75. The first-order valence-electron chi connectivity index (χ1n) is 4.76. The largest absolute Gasteiger partial charge is 0.383 e. The summed E-state index contributed by atoms with van der Waals surface area (Å²) in [5.74, 6) is -1.16. The van der Waals surface area contributed by atoms with Gasteiger partial charge in [0.05, 0.1) is 5.56 Å². The number of aryl methyl sites for hydroxylation is 1. The first-order valence-corrected chi connectivity index (χ1v) is 4.76. The molecule has 4 heteroatoms. The average molecular weight is 220 g/mol. The number of anilines is 1. The second kappa shape index (κ2) is 3.89. The lowest BCUT2D eigenvalue weighted by molar-refractivity contribution is 0.589. The lowest BCUT2D eigenvalue weighted by Gasteiger charge is -2.08. The number of rotatable bonds is 1. The van der Waals surface area contributed by atoms with E-state index in [9.17, 15) is 8.78 Å². The molecule has 0 saturated heterocycles. The fraction of sp³-hybridized carbons (Fsp3) is 0.0833. The smallest absolute Gasteiger partial charge is 0.134 e. The van der Waals surface area contributed by atoms with Gasteiger partial charge in [-0.1, -0.05) is 6.07 Å². The number of nitrogens with zero attached hydrogens (tertiary/aromatic N) is 1. The Labute approximate surface area is 91.7 Å². The topological polar surface area (TPSA) is 38.9 Å². The van der Waals surface area contributed by atoms with Crippen molar-refractivity contribution >= 4 is 5.82 Å². The van der Waals surface area contributed by atoms with Gasteiger partial charge in [-0.3, -0.25) is 0 Å². The summed E-state index contributed by atoms with van der Waals surface area (Å²) >= 11 is 0. The van der Waals surface area contributed by atoms with Gasteiger partial charge in [-0.2, -0.15) is 0 Å². The molecule has 2 nitrogen and oxygen atoms in total. The molecule has 1 aromatic carbocycles. The molecule has 0 bridgehead atoms. The highest BCUT2D eigenvalue weighted by Crippen LogP contribution is 2.29. The van der Waals surface area contributed by atoms with Gasteiger partial charge >= 0.3 is 0 Å². The van der Waals surface area contributed by atoms with Crippen LogP contribution in [-0.2, 0) is 0 Å². The monoisotopic (exact) mass is 220 g/mol. The summed E-state index contributed by atoms with van der Waals surface area (Å²) in [6.07, 6.45) is 1.55. The number of hydrogen-bond acceptors (Lipinski definition) is 2. The van der Waals surface area contributed by atoms with Crippen LogP contribution in [0.25, 0.3) is 11.1 Å². The Hall–Kier alpha value is -1.97. The minimum absolute atomic E-state index is 0.120. The van der Waals surface area contributed by atoms with E-state index in [1.165, 1.54) is 18.2 Å². The molecule has 0 fully saturated rings. The van der Waals surface area contributed by atoms with Gasteiger partial charge in [0.15, 0.2) is 0 Å². The molecule has 0 saturated carbocycles. The Balaban J connectivity index is 2.72. The standard InChI is InChI=1S/C12H10F2N2/c1-7-5-8(12(15)16-6-7)11-9(13)3-2-4-10(11)14/h2-6H,1H3,(H2,15,16). The van der Waals surface area contributed by atoms with Crippen molar-refractivity contribution in [2.45, 2.75) is 6.92 Å². The number of hydrogen-bond donors (Lipinski definition) is 1. The molecule has 0 aliphatic rings. The second-order valence-electron chi connectivity index (χ2n) is 3.54. The average Bonchev–Trinajstić information content (AvgIpc) is 2.23. The van der Waals surface area contributed by atoms with Gasteiger partial charge < -0.3 is 5.73 Å². The molecule has 1 aromatic heterocycles. The third kappa shape index (κ3) is 1.74. The Morgan fingerprint density at radius 2 is 1.81 bits per heavy atom. The maximum absolute atomic E-state index is 13.5. The molecule has 82 valence electrons. The van der Waals surface area contributed by atoms with Gasteiger partial charge in [0.2, 0.25) is 0 Å². The van der Waals surface area contributed by atoms with E-state index in [1.807, 2.05) is 0 Å². The van der Waals surface area contributed by atoms with Crippen molar-refractivity contribution in [3.05, 3.63) is 47.7 Å². The Morgan fingerprint density at radius 1 is 1.19 bits per heavy atom. The Bertz CT molecular complexity index is 518. The van der Waals surface area contributed by atoms with Gasteiger partial charge in [-0.25, -0.2) is 13.8 Å². The van der Waals surface area contributed by atoms with Gasteiger partial charge in [0, 0.05) is 11.8 Å². The zero-order chi connectivity index (χ0) is 11.7. The van der Waals surface area contributed by atoms with Crippen LogP contribution in [0.2, 0.25) is 0 Å². The van der Waals surface area contributed by atoms with Crippen molar-refractivity contribution < 1.29 is 8.78 Å². The summed E-state index contributed by atoms with van der Waals surface area (Å²) in [5.41, 5.74) is 6.57. The second-order valence-corrected chi connectivity index (χ2v) is 3.54. The highest BCUT2D eigenvalue weighted by atomic mass is 19.1. The van der Waals surface area contributed by atoms with Crippen LogP contribution in [-0.4, -0.2) is 4.98 Å². The maximum atomic E-state index is 13.5. The van der Waals surface area contributed by atoms with Gasteiger partial charge in [-0.15, -0.1) is 0 Å². The van der Waals surface area contributed by atoms with Gasteiger partial charge in [0.25, 0.3) is 0 Å². The molecule has 0 amide bonds. The summed E-state index contributed by atoms with van der Waals surface area (Å²) in [5, 5.41) is 0. The SMILES string of the molecule is Cc1cnc(N)c(-c2c(F)cccc2F)c1. The molecule has 0 atom stereocenters. The zero-order valence-corrected chi connectivity index (χ0v) is 8.67. The lowest BCUT2D eigenvalue weighted by atomic mass is 10.0. The Kier molecular flexibility index (Phi) is 2.56. The van der Waals surface area contributed by atoms with Crippen LogP contribution >= 0.6 is 0 Å². The first kappa shape index (κ1) is 10.5. The number of halogens is 2. The first-order chi connectivity index (χ1) is 7.59. The molecule has 0 radical (unpaired) electrons. The van der Waals surface area contributed by atoms with Crippen LogP contribution in [0.5, 0.6) is 0 Å². The minimum atomic E-state index is -0.640. The highest BCUT2D eigenvalue weighted by Gasteiger charge is 2.14. The van der Waals surface area contributed by atoms with Crippen molar-refractivity contribution in [2.75, 3.05) is 5.73 Å². The summed E-state index contributed by atoms with van der Waals surface area (Å²) in [6.45, 7) is 1.79. The molecule has 0 unspecified atom stereocenters. The summed E-state index contributed by atoms with van der Waals surface area (Å²) in [7, 11) is 0. The predicted molar refractivity (Wildman–Crippen MR) is 58.7 cm³/mol. The third-order valence-corrected chi connectivity index (χ3v) is 2.29. The fourth-order valence-electron chi connectivity index (χ4n) is 1.54. The van der Waals surface area contributed by atoms with Gasteiger partial charge in [-0.05, 0) is 30.7 Å². The number of nitrogens with two attached hydrogens (primary N) is 1. The summed E-state index contributed by atoms with van der Waals surface area (Å²) in [4.78, 5) is 3.88. The molecule has 16 heavy (non-hydrogen) atoms. The molecule has 1 heterocycles. The zero-order valence-electron chi connectivity index (χ0n) is 8.67. The van der Waals surface area contributed by atoms with Crippen LogP contribution in [0.1, 0.15) is 5.56 Å². The van der Waals surface area contributed by atoms with E-state index in [4.69, 9.17) is 5.73 Å². The van der Waals surface area contributed by atoms with Crippen molar-refractivity contribution in [2.24, 2.45) is 0 Å². The number of benzene rings is 1. The molecule has 0 spiro atoms. The van der Waals surface area contributed by atoms with Crippen molar-refractivity contribution in [1.82, 2.24) is 4.98 Å². The van der Waals surface area contributed by atoms with Crippen LogP contribution in [0, 0.1) is 18.6 Å². The van der Waals surface area contributed by atoms with Gasteiger partial charge in [0.1, 0.15) is 17.5 Å². The summed E-state index contributed by atoms with van der Waals surface area (Å²) < 4.78 is 27.0.